The van der Waals surface area contributed by atoms with Crippen LogP contribution in [0.3, 0.4) is 0 Å². The molecule has 1 saturated heterocycles. The molecule has 2 N–H and O–H groups in total. The molecular weight excluding hydrogens is 399 g/mol. The SMILES string of the molecule is CN1C(=O)C2C[C@H](C3CC3)OC[C@]2(c2cc(OC3CC(F)(F)C3)ccc2F)N=C1N. The largest absolute Gasteiger partial charge is 0.490 e. The standard InChI is InChI=1S/C21H24F3N3O3/c1-27-18(28)15-7-17(11-2-3-11)29-10-21(15,26-19(27)25)14-6-12(4-5-16(14)22)30-13-8-20(23,24)9-13/h4-6,11,13,15,17H,2-3,7-10H2,1H3,(H2,25,26)/t15?,17-,21-/m1/s1. The van der Waals surface area contributed by atoms with Crippen LogP contribution in [-0.4, -0.2) is 48.6 Å². The molecule has 162 valence electrons. The number of aliphatic imine (C=N–C) groups is 1. The lowest BCUT2D eigenvalue weighted by Gasteiger charge is -2.47. The van der Waals surface area contributed by atoms with Crippen molar-refractivity contribution in [2.75, 3.05) is 13.7 Å². The van der Waals surface area contributed by atoms with Gasteiger partial charge in [-0.1, -0.05) is 0 Å². The zero-order chi connectivity index (χ0) is 21.3. The zero-order valence-corrected chi connectivity index (χ0v) is 16.6. The number of alkyl halides is 2. The van der Waals surface area contributed by atoms with Crippen LogP contribution in [0.25, 0.3) is 0 Å². The highest BCUT2D eigenvalue weighted by atomic mass is 19.3. The third-order valence-electron chi connectivity index (χ3n) is 6.76. The van der Waals surface area contributed by atoms with Gasteiger partial charge in [0.05, 0.1) is 18.6 Å². The molecule has 2 aliphatic carbocycles. The van der Waals surface area contributed by atoms with Crippen molar-refractivity contribution in [2.24, 2.45) is 22.6 Å². The van der Waals surface area contributed by atoms with Crippen molar-refractivity contribution in [1.82, 2.24) is 4.90 Å². The number of hydrogen-bond acceptors (Lipinski definition) is 5. The van der Waals surface area contributed by atoms with Gasteiger partial charge in [0, 0.05) is 25.5 Å². The van der Waals surface area contributed by atoms with Crippen LogP contribution in [0.4, 0.5) is 13.2 Å². The number of ether oxygens (including phenoxy) is 2. The molecule has 3 atom stereocenters. The van der Waals surface area contributed by atoms with E-state index in [0.29, 0.717) is 12.3 Å². The minimum atomic E-state index is -2.72. The van der Waals surface area contributed by atoms with Crippen molar-refractivity contribution in [3.05, 3.63) is 29.6 Å². The number of hydrogen-bond donors (Lipinski definition) is 1. The Bertz CT molecular complexity index is 912. The van der Waals surface area contributed by atoms with E-state index in [1.165, 1.54) is 23.1 Å². The van der Waals surface area contributed by atoms with Gasteiger partial charge in [-0.15, -0.1) is 0 Å². The fourth-order valence-electron chi connectivity index (χ4n) is 4.79. The average molecular weight is 423 g/mol. The molecule has 1 aromatic rings. The van der Waals surface area contributed by atoms with E-state index in [1.807, 2.05) is 0 Å². The van der Waals surface area contributed by atoms with E-state index in [4.69, 9.17) is 15.2 Å². The number of nitrogens with two attached hydrogens (primary N) is 1. The van der Waals surface area contributed by atoms with Gasteiger partial charge < -0.3 is 15.2 Å². The van der Waals surface area contributed by atoms with Crippen LogP contribution in [-0.2, 0) is 15.1 Å². The van der Waals surface area contributed by atoms with Gasteiger partial charge in [0.15, 0.2) is 5.96 Å². The summed E-state index contributed by atoms with van der Waals surface area (Å²) >= 11 is 0. The molecule has 0 spiro atoms. The average Bonchev–Trinajstić information content (AvgIpc) is 3.51. The molecule has 1 aromatic carbocycles. The van der Waals surface area contributed by atoms with E-state index < -0.39 is 29.3 Å². The van der Waals surface area contributed by atoms with E-state index >= 15 is 4.39 Å². The predicted molar refractivity (Wildman–Crippen MR) is 102 cm³/mol. The van der Waals surface area contributed by atoms with E-state index in [1.54, 1.807) is 7.05 Å². The van der Waals surface area contributed by atoms with Crippen LogP contribution in [0.1, 0.15) is 37.7 Å². The number of rotatable bonds is 4. The summed E-state index contributed by atoms with van der Waals surface area (Å²) in [6.45, 7) is 0.0288. The van der Waals surface area contributed by atoms with E-state index in [2.05, 4.69) is 4.99 Å². The fourth-order valence-corrected chi connectivity index (χ4v) is 4.79. The molecule has 1 unspecified atom stereocenters. The molecule has 1 amide bonds. The molecule has 3 fully saturated rings. The molecule has 0 bridgehead atoms. The second kappa shape index (κ2) is 6.60. The number of fused-ring (bicyclic) bond motifs is 1. The molecule has 2 heterocycles. The lowest BCUT2D eigenvalue weighted by Crippen LogP contribution is -2.60. The van der Waals surface area contributed by atoms with Gasteiger partial charge in [-0.2, -0.15) is 0 Å². The van der Waals surface area contributed by atoms with Crippen LogP contribution in [0.2, 0.25) is 0 Å². The van der Waals surface area contributed by atoms with Crippen molar-refractivity contribution in [2.45, 2.75) is 55.8 Å². The molecule has 30 heavy (non-hydrogen) atoms. The Kier molecular flexibility index (Phi) is 4.33. The van der Waals surface area contributed by atoms with Gasteiger partial charge in [-0.3, -0.25) is 9.69 Å². The van der Waals surface area contributed by atoms with Crippen molar-refractivity contribution < 1.29 is 27.4 Å². The van der Waals surface area contributed by atoms with E-state index in [9.17, 15) is 13.6 Å². The first kappa shape index (κ1) is 19.7. The van der Waals surface area contributed by atoms with Gasteiger partial charge in [0.1, 0.15) is 23.2 Å². The Morgan fingerprint density at radius 1 is 1.30 bits per heavy atom. The monoisotopic (exact) mass is 423 g/mol. The Morgan fingerprint density at radius 3 is 2.70 bits per heavy atom. The van der Waals surface area contributed by atoms with Gasteiger partial charge in [-0.05, 0) is 43.4 Å². The maximum absolute atomic E-state index is 15.0. The van der Waals surface area contributed by atoms with Gasteiger partial charge in [-0.25, -0.2) is 18.2 Å². The quantitative estimate of drug-likeness (QED) is 0.808. The molecule has 0 radical (unpaired) electrons. The fraction of sp³-hybridized carbons (Fsp3) is 0.619. The summed E-state index contributed by atoms with van der Waals surface area (Å²) in [5.74, 6) is -3.44. The summed E-state index contributed by atoms with van der Waals surface area (Å²) in [5, 5.41) is 0. The van der Waals surface area contributed by atoms with Crippen molar-refractivity contribution in [3.8, 4) is 5.75 Å². The minimum Gasteiger partial charge on any atom is -0.490 e. The lowest BCUT2D eigenvalue weighted by molar-refractivity contribution is -0.147. The second-order valence-corrected chi connectivity index (χ2v) is 8.91. The molecule has 2 saturated carbocycles. The first-order chi connectivity index (χ1) is 14.2. The van der Waals surface area contributed by atoms with Crippen LogP contribution >= 0.6 is 0 Å². The summed E-state index contributed by atoms with van der Waals surface area (Å²) in [4.78, 5) is 19.0. The maximum atomic E-state index is 15.0. The van der Waals surface area contributed by atoms with E-state index in [-0.39, 0.29) is 48.7 Å². The number of nitrogens with zero attached hydrogens (tertiary/aromatic N) is 2. The summed E-state index contributed by atoms with van der Waals surface area (Å²) in [6.07, 6.45) is 1.13. The van der Waals surface area contributed by atoms with Crippen LogP contribution in [0.5, 0.6) is 5.75 Å². The Labute approximate surface area is 172 Å². The highest BCUT2D eigenvalue weighted by Gasteiger charge is 2.56. The first-order valence-corrected chi connectivity index (χ1v) is 10.3. The normalized spacial score (nSPS) is 33.5. The molecule has 4 aliphatic rings. The molecular formula is C21H24F3N3O3. The summed E-state index contributed by atoms with van der Waals surface area (Å²) in [6, 6.07) is 4.07. The predicted octanol–water partition coefficient (Wildman–Crippen LogP) is 2.80. The number of amides is 1. The molecule has 5 rings (SSSR count). The number of benzene rings is 1. The first-order valence-electron chi connectivity index (χ1n) is 10.3. The Hall–Kier alpha value is -2.29. The third-order valence-corrected chi connectivity index (χ3v) is 6.76. The maximum Gasteiger partial charge on any atom is 0.255 e. The van der Waals surface area contributed by atoms with Gasteiger partial charge in [0.2, 0.25) is 5.91 Å². The summed E-state index contributed by atoms with van der Waals surface area (Å²) < 4.78 is 53.0. The van der Waals surface area contributed by atoms with Gasteiger partial charge in [0.25, 0.3) is 5.92 Å². The topological polar surface area (TPSA) is 77.2 Å². The highest BCUT2D eigenvalue weighted by molar-refractivity contribution is 6.00. The van der Waals surface area contributed by atoms with Crippen molar-refractivity contribution in [1.29, 1.82) is 0 Å². The highest BCUT2D eigenvalue weighted by Crippen LogP contribution is 2.50. The summed E-state index contributed by atoms with van der Waals surface area (Å²) in [7, 11) is 1.55. The van der Waals surface area contributed by atoms with Crippen LogP contribution in [0.15, 0.2) is 23.2 Å². The summed E-state index contributed by atoms with van der Waals surface area (Å²) in [5.41, 5.74) is 4.85. The zero-order valence-electron chi connectivity index (χ0n) is 16.6. The smallest absolute Gasteiger partial charge is 0.255 e. The molecule has 9 heteroatoms. The van der Waals surface area contributed by atoms with Crippen LogP contribution in [0, 0.1) is 17.7 Å². The molecule has 0 aromatic heterocycles. The number of guanidine groups is 1. The molecule has 6 nitrogen and oxygen atoms in total. The van der Waals surface area contributed by atoms with Crippen molar-refractivity contribution in [3.63, 3.8) is 0 Å². The third kappa shape index (κ3) is 3.14. The van der Waals surface area contributed by atoms with Gasteiger partial charge >= 0.3 is 0 Å². The van der Waals surface area contributed by atoms with Crippen LogP contribution < -0.4 is 10.5 Å². The lowest BCUT2D eigenvalue weighted by atomic mass is 9.72. The number of halogens is 3. The Balaban J connectivity index is 1.51. The van der Waals surface area contributed by atoms with Crippen molar-refractivity contribution >= 4 is 11.9 Å². The Morgan fingerprint density at radius 2 is 2.03 bits per heavy atom. The second-order valence-electron chi connectivity index (χ2n) is 8.91. The minimum absolute atomic E-state index is 0.00548. The number of carbonyl (C=O) groups is 1. The number of carbonyl (C=O) groups excluding carboxylic acids is 1. The molecule has 2 aliphatic heterocycles. The van der Waals surface area contributed by atoms with E-state index in [0.717, 1.165) is 12.8 Å².